The minimum Gasteiger partial charge on any atom is -0.481 e. The van der Waals surface area contributed by atoms with Gasteiger partial charge >= 0.3 is 6.61 Å². The number of rotatable bonds is 3. The van der Waals surface area contributed by atoms with Crippen LogP contribution in [0.15, 0.2) is 0 Å². The quantitative estimate of drug-likeness (QED) is 0.796. The van der Waals surface area contributed by atoms with Crippen molar-refractivity contribution in [2.75, 3.05) is 12.8 Å². The first-order valence-electron chi connectivity index (χ1n) is 3.67. The molecule has 14 heavy (non-hydrogen) atoms. The molecular weight excluding hydrogens is 196 g/mol. The van der Waals surface area contributed by atoms with Gasteiger partial charge in [-0.1, -0.05) is 0 Å². The normalized spacial score (nSPS) is 10.4. The van der Waals surface area contributed by atoms with Crippen molar-refractivity contribution in [3.05, 3.63) is 5.56 Å². The van der Waals surface area contributed by atoms with Gasteiger partial charge in [0.15, 0.2) is 0 Å². The fraction of sp³-hybridized carbons (Fsp3) is 0.429. The molecule has 0 unspecified atom stereocenters. The first-order valence-corrected chi connectivity index (χ1v) is 3.67. The lowest BCUT2D eigenvalue weighted by atomic mass is 10.3. The van der Waals surface area contributed by atoms with E-state index in [1.165, 1.54) is 14.0 Å². The maximum Gasteiger partial charge on any atom is 0.388 e. The predicted molar refractivity (Wildman–Crippen MR) is 44.4 cm³/mol. The lowest BCUT2D eigenvalue weighted by Crippen LogP contribution is -2.09. The van der Waals surface area contributed by atoms with Crippen LogP contribution in [0.2, 0.25) is 0 Å². The molecule has 1 aromatic heterocycles. The lowest BCUT2D eigenvalue weighted by Gasteiger charge is -2.09. The van der Waals surface area contributed by atoms with Gasteiger partial charge < -0.3 is 15.2 Å². The number of hydrogen-bond acceptors (Lipinski definition) is 5. The minimum absolute atomic E-state index is 0.119. The van der Waals surface area contributed by atoms with Crippen LogP contribution in [0.5, 0.6) is 11.8 Å². The fourth-order valence-electron chi connectivity index (χ4n) is 0.890. The molecule has 0 atom stereocenters. The van der Waals surface area contributed by atoms with Crippen molar-refractivity contribution < 1.29 is 18.3 Å². The highest BCUT2D eigenvalue weighted by Crippen LogP contribution is 2.25. The molecule has 1 heterocycles. The summed E-state index contributed by atoms with van der Waals surface area (Å²) in [6, 6.07) is 0. The zero-order chi connectivity index (χ0) is 10.7. The van der Waals surface area contributed by atoms with E-state index >= 15 is 0 Å². The summed E-state index contributed by atoms with van der Waals surface area (Å²) in [5.41, 5.74) is 5.53. The molecule has 1 rings (SSSR count). The summed E-state index contributed by atoms with van der Waals surface area (Å²) in [4.78, 5) is 7.18. The Kier molecular flexibility index (Phi) is 3.00. The number of hydrogen-bond donors (Lipinski definition) is 1. The molecule has 1 aromatic rings. The second kappa shape index (κ2) is 4.03. The molecule has 0 saturated heterocycles. The molecule has 0 aliphatic heterocycles. The summed E-state index contributed by atoms with van der Waals surface area (Å²) in [7, 11) is 1.35. The summed E-state index contributed by atoms with van der Waals surface area (Å²) in [5.74, 6) is -0.333. The lowest BCUT2D eigenvalue weighted by molar-refractivity contribution is -0.0534. The number of halogens is 2. The number of nitrogens with zero attached hydrogens (tertiary/aromatic N) is 2. The van der Waals surface area contributed by atoms with Crippen LogP contribution < -0.4 is 15.2 Å². The number of nitrogen functional groups attached to an aromatic ring is 1. The Morgan fingerprint density at radius 1 is 1.29 bits per heavy atom. The van der Waals surface area contributed by atoms with E-state index in [1.54, 1.807) is 0 Å². The molecule has 0 aromatic carbocycles. The third kappa shape index (κ3) is 2.18. The van der Waals surface area contributed by atoms with Gasteiger partial charge in [0.2, 0.25) is 17.7 Å². The monoisotopic (exact) mass is 205 g/mol. The van der Waals surface area contributed by atoms with Crippen LogP contribution in [0.1, 0.15) is 5.56 Å². The van der Waals surface area contributed by atoms with Gasteiger partial charge in [-0.25, -0.2) is 0 Å². The van der Waals surface area contributed by atoms with Gasteiger partial charge in [0.1, 0.15) is 0 Å². The van der Waals surface area contributed by atoms with E-state index in [2.05, 4.69) is 14.7 Å². The van der Waals surface area contributed by atoms with Crippen LogP contribution >= 0.6 is 0 Å². The second-order valence-electron chi connectivity index (χ2n) is 2.40. The summed E-state index contributed by atoms with van der Waals surface area (Å²) in [6.07, 6.45) is 0. The minimum atomic E-state index is -2.95. The maximum atomic E-state index is 11.9. The van der Waals surface area contributed by atoms with Crippen molar-refractivity contribution in [2.45, 2.75) is 13.5 Å². The first kappa shape index (κ1) is 10.4. The largest absolute Gasteiger partial charge is 0.481 e. The zero-order valence-electron chi connectivity index (χ0n) is 7.62. The molecular formula is C7H9F2N3O2. The summed E-state index contributed by atoms with van der Waals surface area (Å²) >= 11 is 0. The average Bonchev–Trinajstić information content (AvgIpc) is 2.09. The third-order valence-electron chi connectivity index (χ3n) is 1.47. The van der Waals surface area contributed by atoms with Gasteiger partial charge in [-0.05, 0) is 6.92 Å². The van der Waals surface area contributed by atoms with Gasteiger partial charge in [0.05, 0.1) is 12.7 Å². The maximum absolute atomic E-state index is 11.9. The van der Waals surface area contributed by atoms with Crippen molar-refractivity contribution >= 4 is 5.95 Å². The number of ether oxygens (including phenoxy) is 2. The van der Waals surface area contributed by atoms with E-state index in [0.717, 1.165) is 0 Å². The Balaban J connectivity index is 3.08. The van der Waals surface area contributed by atoms with Gasteiger partial charge in [-0.2, -0.15) is 18.7 Å². The van der Waals surface area contributed by atoms with Crippen LogP contribution in [0.4, 0.5) is 14.7 Å². The second-order valence-corrected chi connectivity index (χ2v) is 2.40. The molecule has 0 saturated carbocycles. The van der Waals surface area contributed by atoms with Gasteiger partial charge in [-0.15, -0.1) is 0 Å². The standard InChI is InChI=1S/C7H9F2N3O2/c1-3-4(13-2)11-7(10)12-5(3)14-6(8)9/h6H,1-2H3,(H2,10,11,12). The molecule has 0 radical (unpaired) electrons. The highest BCUT2D eigenvalue weighted by atomic mass is 19.3. The molecule has 7 heteroatoms. The van der Waals surface area contributed by atoms with E-state index in [1.807, 2.05) is 0 Å². The first-order chi connectivity index (χ1) is 6.54. The Bertz CT molecular complexity index is 333. The van der Waals surface area contributed by atoms with E-state index in [9.17, 15) is 8.78 Å². The Morgan fingerprint density at radius 2 is 1.86 bits per heavy atom. The molecule has 0 fully saturated rings. The fourth-order valence-corrected chi connectivity index (χ4v) is 0.890. The van der Waals surface area contributed by atoms with Crippen LogP contribution in [0.25, 0.3) is 0 Å². The molecule has 0 amide bonds. The predicted octanol–water partition coefficient (Wildman–Crippen LogP) is 0.977. The van der Waals surface area contributed by atoms with Crippen LogP contribution in [0.3, 0.4) is 0 Å². The number of aromatic nitrogens is 2. The van der Waals surface area contributed by atoms with Crippen molar-refractivity contribution in [1.29, 1.82) is 0 Å². The zero-order valence-corrected chi connectivity index (χ0v) is 7.62. The average molecular weight is 205 g/mol. The topological polar surface area (TPSA) is 70.3 Å². The summed E-state index contributed by atoms with van der Waals surface area (Å²) in [5, 5.41) is 0. The number of nitrogens with two attached hydrogens (primary N) is 1. The Morgan fingerprint density at radius 3 is 2.36 bits per heavy atom. The third-order valence-corrected chi connectivity index (χ3v) is 1.47. The molecule has 0 spiro atoms. The van der Waals surface area contributed by atoms with Crippen LogP contribution in [-0.2, 0) is 0 Å². The van der Waals surface area contributed by atoms with Crippen LogP contribution in [-0.4, -0.2) is 23.7 Å². The van der Waals surface area contributed by atoms with Crippen molar-refractivity contribution in [1.82, 2.24) is 9.97 Å². The van der Waals surface area contributed by atoms with E-state index < -0.39 is 6.61 Å². The molecule has 0 aliphatic carbocycles. The van der Waals surface area contributed by atoms with E-state index in [-0.39, 0.29) is 23.3 Å². The highest BCUT2D eigenvalue weighted by molar-refractivity contribution is 5.38. The Hall–Kier alpha value is -1.66. The number of alkyl halides is 2. The van der Waals surface area contributed by atoms with E-state index in [0.29, 0.717) is 0 Å². The van der Waals surface area contributed by atoms with Gasteiger partial charge in [-0.3, -0.25) is 0 Å². The molecule has 78 valence electrons. The number of methoxy groups -OCH3 is 1. The summed E-state index contributed by atoms with van der Waals surface area (Å²) < 4.78 is 32.7. The van der Waals surface area contributed by atoms with Crippen molar-refractivity contribution in [3.8, 4) is 11.8 Å². The SMILES string of the molecule is COc1nc(N)nc(OC(F)F)c1C. The van der Waals surface area contributed by atoms with Gasteiger partial charge in [0, 0.05) is 0 Å². The molecule has 5 nitrogen and oxygen atoms in total. The highest BCUT2D eigenvalue weighted by Gasteiger charge is 2.14. The van der Waals surface area contributed by atoms with Crippen LogP contribution in [0, 0.1) is 6.92 Å². The molecule has 2 N–H and O–H groups in total. The molecule has 0 bridgehead atoms. The van der Waals surface area contributed by atoms with E-state index in [4.69, 9.17) is 10.5 Å². The van der Waals surface area contributed by atoms with Crippen molar-refractivity contribution in [2.24, 2.45) is 0 Å². The summed E-state index contributed by atoms with van der Waals surface area (Å²) in [6.45, 7) is -1.46. The Labute approximate surface area is 78.9 Å². The molecule has 0 aliphatic rings. The van der Waals surface area contributed by atoms with Crippen molar-refractivity contribution in [3.63, 3.8) is 0 Å². The van der Waals surface area contributed by atoms with Gasteiger partial charge in [0.25, 0.3) is 0 Å². The smallest absolute Gasteiger partial charge is 0.388 e. The number of anilines is 1.